The highest BCUT2D eigenvalue weighted by Crippen LogP contribution is 2.35. The van der Waals surface area contributed by atoms with Gasteiger partial charge in [0, 0.05) is 16.6 Å². The molecule has 0 radical (unpaired) electrons. The number of rotatable bonds is 2. The van der Waals surface area contributed by atoms with Crippen LogP contribution in [0.2, 0.25) is 5.15 Å². The van der Waals surface area contributed by atoms with Crippen LogP contribution in [0.4, 0.5) is 0 Å². The first-order chi connectivity index (χ1) is 11.1. The van der Waals surface area contributed by atoms with E-state index in [0.717, 1.165) is 34.5 Å². The van der Waals surface area contributed by atoms with E-state index in [1.165, 1.54) is 0 Å². The van der Waals surface area contributed by atoms with Gasteiger partial charge in [0.15, 0.2) is 10.8 Å². The fourth-order valence-electron chi connectivity index (χ4n) is 2.95. The zero-order valence-corrected chi connectivity index (χ0v) is 14.8. The smallest absolute Gasteiger partial charge is 0.165 e. The van der Waals surface area contributed by atoms with Gasteiger partial charge in [-0.05, 0) is 19.4 Å². The molecule has 0 N–H and O–H groups in total. The third kappa shape index (κ3) is 2.55. The molecule has 5 nitrogen and oxygen atoms in total. The first-order valence-corrected chi connectivity index (χ1v) is 8.57. The minimum atomic E-state index is 0.201. The Kier molecular flexibility index (Phi) is 3.83. The molecule has 3 heterocycles. The number of fused-ring (bicyclic) bond motifs is 1. The van der Waals surface area contributed by atoms with Gasteiger partial charge in [-0.1, -0.05) is 45.7 Å². The van der Waals surface area contributed by atoms with E-state index in [1.807, 2.05) is 31.2 Å². The first kappa shape index (κ1) is 15.1. The Hall–Kier alpha value is -1.50. The van der Waals surface area contributed by atoms with Crippen LogP contribution in [0.15, 0.2) is 28.7 Å². The maximum Gasteiger partial charge on any atom is 0.165 e. The summed E-state index contributed by atoms with van der Waals surface area (Å²) in [6, 6.07) is 8.21. The van der Waals surface area contributed by atoms with E-state index in [2.05, 4.69) is 30.5 Å². The van der Waals surface area contributed by atoms with Crippen LogP contribution in [-0.4, -0.2) is 32.7 Å². The maximum absolute atomic E-state index is 6.31. The van der Waals surface area contributed by atoms with E-state index in [4.69, 9.17) is 21.3 Å². The van der Waals surface area contributed by atoms with E-state index in [9.17, 15) is 0 Å². The van der Waals surface area contributed by atoms with E-state index in [0.29, 0.717) is 23.1 Å². The summed E-state index contributed by atoms with van der Waals surface area (Å²) in [5, 5.41) is 0.387. The predicted octanol–water partition coefficient (Wildman–Crippen LogP) is 4.18. The molecule has 1 aromatic carbocycles. The minimum Gasteiger partial charge on any atom is -0.379 e. The Labute approximate surface area is 146 Å². The number of imidazole rings is 1. The van der Waals surface area contributed by atoms with Crippen LogP contribution < -0.4 is 0 Å². The molecular weight excluding hydrogens is 380 g/mol. The summed E-state index contributed by atoms with van der Waals surface area (Å²) >= 11 is 9.92. The largest absolute Gasteiger partial charge is 0.379 e. The summed E-state index contributed by atoms with van der Waals surface area (Å²) in [4.78, 5) is 13.6. The highest BCUT2D eigenvalue weighted by molar-refractivity contribution is 9.10. The molecule has 2 aromatic heterocycles. The van der Waals surface area contributed by atoms with Crippen molar-refractivity contribution in [3.63, 3.8) is 0 Å². The van der Waals surface area contributed by atoms with Crippen molar-refractivity contribution in [2.24, 2.45) is 0 Å². The normalized spacial score (nSPS) is 18.0. The van der Waals surface area contributed by atoms with Crippen molar-refractivity contribution in [3.8, 4) is 11.4 Å². The van der Waals surface area contributed by atoms with Gasteiger partial charge in [0.2, 0.25) is 0 Å². The van der Waals surface area contributed by atoms with Gasteiger partial charge in [-0.2, -0.15) is 0 Å². The van der Waals surface area contributed by atoms with E-state index < -0.39 is 0 Å². The van der Waals surface area contributed by atoms with Crippen molar-refractivity contribution in [1.82, 2.24) is 19.5 Å². The lowest BCUT2D eigenvalue weighted by atomic mass is 10.2. The molecule has 0 amide bonds. The minimum absolute atomic E-state index is 0.201. The molecular formula is C16H14BrClN4O. The second-order valence-corrected chi connectivity index (χ2v) is 6.75. The van der Waals surface area contributed by atoms with Gasteiger partial charge in [0.1, 0.15) is 17.2 Å². The van der Waals surface area contributed by atoms with Crippen LogP contribution >= 0.6 is 27.5 Å². The maximum atomic E-state index is 6.31. The third-order valence-corrected chi connectivity index (χ3v) is 4.95. The number of halogens is 2. The average Bonchev–Trinajstić information content (AvgIpc) is 3.14. The van der Waals surface area contributed by atoms with Crippen LogP contribution in [0.1, 0.15) is 18.3 Å². The fourth-order valence-corrected chi connectivity index (χ4v) is 3.66. The predicted molar refractivity (Wildman–Crippen MR) is 92.7 cm³/mol. The van der Waals surface area contributed by atoms with Gasteiger partial charge in [-0.25, -0.2) is 15.0 Å². The molecule has 118 valence electrons. The number of ether oxygens (including phenoxy) is 1. The Morgan fingerprint density at radius 1 is 1.26 bits per heavy atom. The number of aryl methyl sites for hydroxylation is 1. The highest BCUT2D eigenvalue weighted by atomic mass is 79.9. The first-order valence-electron chi connectivity index (χ1n) is 7.40. The van der Waals surface area contributed by atoms with Gasteiger partial charge >= 0.3 is 0 Å². The molecule has 0 aliphatic carbocycles. The zero-order chi connectivity index (χ0) is 16.0. The number of aromatic nitrogens is 4. The molecule has 4 rings (SSSR count). The molecule has 1 unspecified atom stereocenters. The van der Waals surface area contributed by atoms with Gasteiger partial charge in [-0.3, -0.25) is 0 Å². The Morgan fingerprint density at radius 3 is 2.83 bits per heavy atom. The molecule has 0 bridgehead atoms. The van der Waals surface area contributed by atoms with E-state index in [1.54, 1.807) is 0 Å². The van der Waals surface area contributed by atoms with Crippen LogP contribution in [0, 0.1) is 6.92 Å². The van der Waals surface area contributed by atoms with Crippen LogP contribution in [0.5, 0.6) is 0 Å². The number of hydrogen-bond donors (Lipinski definition) is 0. The average molecular weight is 394 g/mol. The molecule has 1 aliphatic heterocycles. The summed E-state index contributed by atoms with van der Waals surface area (Å²) < 4.78 is 8.70. The quantitative estimate of drug-likeness (QED) is 0.613. The van der Waals surface area contributed by atoms with Crippen molar-refractivity contribution in [2.45, 2.75) is 19.4 Å². The highest BCUT2D eigenvalue weighted by Gasteiger charge is 2.26. The summed E-state index contributed by atoms with van der Waals surface area (Å²) in [5.41, 5.74) is 2.41. The van der Waals surface area contributed by atoms with Crippen LogP contribution in [-0.2, 0) is 4.74 Å². The van der Waals surface area contributed by atoms with E-state index >= 15 is 0 Å². The summed E-state index contributed by atoms with van der Waals surface area (Å²) in [7, 11) is 0. The van der Waals surface area contributed by atoms with Gasteiger partial charge in [0.25, 0.3) is 0 Å². The lowest BCUT2D eigenvalue weighted by molar-refractivity contribution is 0.187. The summed E-state index contributed by atoms with van der Waals surface area (Å²) in [5.74, 6) is 1.48. The second kappa shape index (κ2) is 5.85. The number of hydrogen-bond acceptors (Lipinski definition) is 4. The van der Waals surface area contributed by atoms with Crippen molar-refractivity contribution < 1.29 is 4.74 Å². The molecule has 1 atom stereocenters. The molecule has 3 aromatic rings. The lowest BCUT2D eigenvalue weighted by Crippen LogP contribution is -2.11. The molecule has 1 aliphatic rings. The van der Waals surface area contributed by atoms with Gasteiger partial charge in [-0.15, -0.1) is 0 Å². The van der Waals surface area contributed by atoms with Gasteiger partial charge in [0.05, 0.1) is 12.6 Å². The Balaban J connectivity index is 2.05. The molecule has 0 spiro atoms. The van der Waals surface area contributed by atoms with Crippen molar-refractivity contribution in [2.75, 3.05) is 13.2 Å². The molecule has 7 heteroatoms. The fraction of sp³-hybridized carbons (Fsp3) is 0.312. The molecule has 1 fully saturated rings. The van der Waals surface area contributed by atoms with Crippen molar-refractivity contribution >= 4 is 38.7 Å². The second-order valence-electron chi connectivity index (χ2n) is 5.54. The Morgan fingerprint density at radius 2 is 2.09 bits per heavy atom. The molecule has 1 saturated heterocycles. The van der Waals surface area contributed by atoms with Crippen molar-refractivity contribution in [3.05, 3.63) is 39.7 Å². The standard InChI is InChI=1S/C16H14BrClN4O/c1-9-19-14(18)13-16(20-9)22(10-6-7-23-8-10)15(21-13)11-4-2-3-5-12(11)17/h2-5,10H,6-8H2,1H3. The van der Waals surface area contributed by atoms with Crippen molar-refractivity contribution in [1.29, 1.82) is 0 Å². The molecule has 0 saturated carbocycles. The summed E-state index contributed by atoms with van der Waals surface area (Å²) in [6.07, 6.45) is 0.934. The van der Waals surface area contributed by atoms with Crippen LogP contribution in [0.3, 0.4) is 0 Å². The zero-order valence-electron chi connectivity index (χ0n) is 12.5. The van der Waals surface area contributed by atoms with Crippen LogP contribution in [0.25, 0.3) is 22.6 Å². The van der Waals surface area contributed by atoms with E-state index in [-0.39, 0.29) is 6.04 Å². The molecule has 23 heavy (non-hydrogen) atoms. The topological polar surface area (TPSA) is 52.8 Å². The number of benzene rings is 1. The number of nitrogens with zero attached hydrogens (tertiary/aromatic N) is 4. The lowest BCUT2D eigenvalue weighted by Gasteiger charge is -2.15. The van der Waals surface area contributed by atoms with Gasteiger partial charge < -0.3 is 9.30 Å². The SMILES string of the molecule is Cc1nc(Cl)c2nc(-c3ccccc3Br)n(C3CCOC3)c2n1. The third-order valence-electron chi connectivity index (χ3n) is 3.99. The Bertz CT molecular complexity index is 889. The monoisotopic (exact) mass is 392 g/mol. The summed E-state index contributed by atoms with van der Waals surface area (Å²) in [6.45, 7) is 3.24.